The lowest BCUT2D eigenvalue weighted by Gasteiger charge is -2.14. The Hall–Kier alpha value is -3.74. The molecule has 28 heavy (non-hydrogen) atoms. The number of amides is 2. The molecule has 0 fully saturated rings. The molecule has 0 saturated carbocycles. The van der Waals surface area contributed by atoms with Crippen LogP contribution in [0.5, 0.6) is 0 Å². The standard InChI is InChI=1S/C21H19N3O4/c1-5-16-17(6-2)20(26)23(19(16)25)18-12-22-24(13(18)4)15-10-8-14(9-11-15)21(27)28-7-3/h5-6,8-12H,1-2,7H2,3-4H3. The second-order valence-corrected chi connectivity index (χ2v) is 5.98. The first kappa shape index (κ1) is 19.0. The van der Waals surface area contributed by atoms with Crippen molar-refractivity contribution in [3.05, 3.63) is 78.2 Å². The van der Waals surface area contributed by atoms with E-state index in [2.05, 4.69) is 18.3 Å². The van der Waals surface area contributed by atoms with E-state index in [9.17, 15) is 14.4 Å². The second-order valence-electron chi connectivity index (χ2n) is 5.98. The van der Waals surface area contributed by atoms with E-state index in [1.54, 1.807) is 42.8 Å². The summed E-state index contributed by atoms with van der Waals surface area (Å²) in [6, 6.07) is 6.69. The summed E-state index contributed by atoms with van der Waals surface area (Å²) in [5.74, 6) is -1.33. The minimum absolute atomic E-state index is 0.214. The van der Waals surface area contributed by atoms with E-state index in [0.717, 1.165) is 4.90 Å². The van der Waals surface area contributed by atoms with Crippen molar-refractivity contribution in [1.82, 2.24) is 9.78 Å². The molecule has 3 rings (SSSR count). The van der Waals surface area contributed by atoms with Crippen LogP contribution in [0.3, 0.4) is 0 Å². The molecule has 0 N–H and O–H groups in total. The van der Waals surface area contributed by atoms with Crippen LogP contribution in [-0.4, -0.2) is 34.2 Å². The Kier molecular flexibility index (Phi) is 5.08. The van der Waals surface area contributed by atoms with E-state index < -0.39 is 17.8 Å². The highest BCUT2D eigenvalue weighted by Crippen LogP contribution is 2.31. The third-order valence-corrected chi connectivity index (χ3v) is 4.41. The Bertz CT molecular complexity index is 998. The number of hydrogen-bond acceptors (Lipinski definition) is 5. The highest BCUT2D eigenvalue weighted by atomic mass is 16.5. The number of ether oxygens (including phenoxy) is 1. The molecule has 0 saturated heterocycles. The van der Waals surface area contributed by atoms with Crippen molar-refractivity contribution in [2.24, 2.45) is 0 Å². The maximum absolute atomic E-state index is 12.6. The van der Waals surface area contributed by atoms with Gasteiger partial charge in [-0.2, -0.15) is 5.10 Å². The molecule has 1 aliphatic rings. The average molecular weight is 377 g/mol. The van der Waals surface area contributed by atoms with E-state index >= 15 is 0 Å². The molecule has 142 valence electrons. The third kappa shape index (κ3) is 2.96. The maximum Gasteiger partial charge on any atom is 0.338 e. The smallest absolute Gasteiger partial charge is 0.338 e. The first-order valence-corrected chi connectivity index (χ1v) is 8.64. The van der Waals surface area contributed by atoms with E-state index in [-0.39, 0.29) is 11.1 Å². The Morgan fingerprint density at radius 1 is 1.11 bits per heavy atom. The van der Waals surface area contributed by atoms with Gasteiger partial charge < -0.3 is 4.74 Å². The van der Waals surface area contributed by atoms with Crippen LogP contribution in [0.25, 0.3) is 5.69 Å². The van der Waals surface area contributed by atoms with Gasteiger partial charge in [0.1, 0.15) is 0 Å². The van der Waals surface area contributed by atoms with Gasteiger partial charge in [-0.05, 0) is 38.1 Å². The summed E-state index contributed by atoms with van der Waals surface area (Å²) in [4.78, 5) is 38.1. The van der Waals surface area contributed by atoms with Gasteiger partial charge in [-0.1, -0.05) is 25.3 Å². The van der Waals surface area contributed by atoms with Crippen molar-refractivity contribution in [1.29, 1.82) is 0 Å². The molecule has 0 radical (unpaired) electrons. The number of nitrogens with zero attached hydrogens (tertiary/aromatic N) is 3. The lowest BCUT2D eigenvalue weighted by Crippen LogP contribution is -2.31. The molecule has 2 heterocycles. The number of rotatable bonds is 6. The van der Waals surface area contributed by atoms with Crippen LogP contribution < -0.4 is 4.90 Å². The molecule has 0 atom stereocenters. The van der Waals surface area contributed by atoms with Crippen LogP contribution >= 0.6 is 0 Å². The molecule has 2 aromatic rings. The number of imide groups is 1. The Labute approximate surface area is 162 Å². The third-order valence-electron chi connectivity index (χ3n) is 4.41. The predicted molar refractivity (Wildman–Crippen MR) is 104 cm³/mol. The minimum Gasteiger partial charge on any atom is -0.462 e. The molecule has 2 amide bonds. The first-order chi connectivity index (χ1) is 13.4. The summed E-state index contributed by atoms with van der Waals surface area (Å²) in [6.45, 7) is 11.0. The van der Waals surface area contributed by atoms with E-state index in [4.69, 9.17) is 4.74 Å². The Balaban J connectivity index is 1.94. The zero-order chi connectivity index (χ0) is 20.4. The lowest BCUT2D eigenvalue weighted by molar-refractivity contribution is -0.120. The van der Waals surface area contributed by atoms with E-state index in [0.29, 0.717) is 29.2 Å². The van der Waals surface area contributed by atoms with Gasteiger partial charge in [0.25, 0.3) is 11.8 Å². The SMILES string of the molecule is C=CC1=C(C=C)C(=O)N(c2cnn(-c3ccc(C(=O)OCC)cc3)c2C)C1=O. The molecule has 7 nitrogen and oxygen atoms in total. The van der Waals surface area contributed by atoms with Crippen LogP contribution in [-0.2, 0) is 14.3 Å². The van der Waals surface area contributed by atoms with Crippen LogP contribution in [0.1, 0.15) is 23.0 Å². The molecule has 0 bridgehead atoms. The molecule has 1 aromatic heterocycles. The van der Waals surface area contributed by atoms with Crippen LogP contribution in [0.2, 0.25) is 0 Å². The van der Waals surface area contributed by atoms with Gasteiger partial charge in [-0.25, -0.2) is 14.4 Å². The van der Waals surface area contributed by atoms with Gasteiger partial charge >= 0.3 is 5.97 Å². The van der Waals surface area contributed by atoms with Crippen molar-refractivity contribution in [2.45, 2.75) is 13.8 Å². The van der Waals surface area contributed by atoms with E-state index in [1.807, 2.05) is 0 Å². The van der Waals surface area contributed by atoms with Crippen LogP contribution in [0.15, 0.2) is 66.9 Å². The van der Waals surface area contributed by atoms with Gasteiger partial charge in [0.15, 0.2) is 0 Å². The lowest BCUT2D eigenvalue weighted by atomic mass is 10.1. The molecular weight excluding hydrogens is 358 g/mol. The monoisotopic (exact) mass is 377 g/mol. The molecule has 0 aliphatic carbocycles. The number of esters is 1. The number of anilines is 1. The van der Waals surface area contributed by atoms with Gasteiger partial charge in [-0.15, -0.1) is 0 Å². The zero-order valence-corrected chi connectivity index (χ0v) is 15.6. The number of carbonyl (C=O) groups excluding carboxylic acids is 3. The fourth-order valence-corrected chi connectivity index (χ4v) is 3.01. The molecular formula is C21H19N3O4. The second kappa shape index (κ2) is 7.48. The molecule has 1 aliphatic heterocycles. The minimum atomic E-state index is -0.463. The summed E-state index contributed by atoms with van der Waals surface area (Å²) in [5, 5.41) is 4.30. The van der Waals surface area contributed by atoms with Gasteiger partial charge in [0.2, 0.25) is 0 Å². The van der Waals surface area contributed by atoms with Crippen molar-refractivity contribution in [2.75, 3.05) is 11.5 Å². The molecule has 1 aromatic carbocycles. The fourth-order valence-electron chi connectivity index (χ4n) is 3.01. The number of aromatic nitrogens is 2. The maximum atomic E-state index is 12.6. The van der Waals surface area contributed by atoms with Gasteiger partial charge in [0.05, 0.1) is 46.6 Å². The fraction of sp³-hybridized carbons (Fsp3) is 0.143. The summed E-state index contributed by atoms with van der Waals surface area (Å²) >= 11 is 0. The molecule has 0 spiro atoms. The Morgan fingerprint density at radius 3 is 2.18 bits per heavy atom. The van der Waals surface area contributed by atoms with E-state index in [1.165, 1.54) is 18.3 Å². The summed E-state index contributed by atoms with van der Waals surface area (Å²) in [5.41, 5.74) is 2.50. The molecule has 7 heteroatoms. The van der Waals surface area contributed by atoms with Gasteiger partial charge in [0, 0.05) is 0 Å². The van der Waals surface area contributed by atoms with Crippen molar-refractivity contribution in [3.63, 3.8) is 0 Å². The first-order valence-electron chi connectivity index (χ1n) is 8.64. The largest absolute Gasteiger partial charge is 0.462 e. The predicted octanol–water partition coefficient (Wildman–Crippen LogP) is 2.90. The van der Waals surface area contributed by atoms with Crippen LogP contribution in [0, 0.1) is 6.92 Å². The van der Waals surface area contributed by atoms with Crippen molar-refractivity contribution in [3.8, 4) is 5.69 Å². The average Bonchev–Trinajstić information content (AvgIpc) is 3.18. The van der Waals surface area contributed by atoms with Crippen molar-refractivity contribution < 1.29 is 19.1 Å². The Morgan fingerprint density at radius 2 is 1.68 bits per heavy atom. The summed E-state index contributed by atoms with van der Waals surface area (Å²) < 4.78 is 6.56. The summed E-state index contributed by atoms with van der Waals surface area (Å²) in [6.07, 6.45) is 4.16. The summed E-state index contributed by atoms with van der Waals surface area (Å²) in [7, 11) is 0. The zero-order valence-electron chi connectivity index (χ0n) is 15.6. The topological polar surface area (TPSA) is 81.5 Å². The van der Waals surface area contributed by atoms with Crippen LogP contribution in [0.4, 0.5) is 5.69 Å². The van der Waals surface area contributed by atoms with Gasteiger partial charge in [-0.3, -0.25) is 9.59 Å². The number of benzene rings is 1. The number of carbonyl (C=O) groups is 3. The quantitative estimate of drug-likeness (QED) is 0.571. The highest BCUT2D eigenvalue weighted by molar-refractivity contribution is 6.34. The number of hydrogen-bond donors (Lipinski definition) is 0. The normalized spacial score (nSPS) is 13.9. The highest BCUT2D eigenvalue weighted by Gasteiger charge is 2.38. The van der Waals surface area contributed by atoms with Crippen molar-refractivity contribution >= 4 is 23.5 Å². The molecule has 0 unspecified atom stereocenters.